The Balaban J connectivity index is 0.993. The predicted octanol–water partition coefficient (Wildman–Crippen LogP) is 18.2. The third-order valence-corrected chi connectivity index (χ3v) is 15.2. The molecule has 5 aromatic heterocycles. The van der Waals surface area contributed by atoms with Gasteiger partial charge in [-0.25, -0.2) is 15.0 Å². The molecule has 0 aliphatic carbocycles. The minimum absolute atomic E-state index is 0.557. The second-order valence-electron chi connectivity index (χ2n) is 19.4. The molecule has 0 aliphatic heterocycles. The molecule has 0 atom stereocenters. The highest BCUT2D eigenvalue weighted by Gasteiger charge is 2.28. The SMILES string of the molecule is c1ccc(-c2ccc(-c3nc(-c4ccccc4)nc(-c4ccc(-n5c6ccccc6c6cc(-c7ccc8oc9ccccc9c8c7)c7c(c8ccccc8n7-c7ccccc7)c65)c5oc6ccccc6c45)n3)cc2)cc1. The van der Waals surface area contributed by atoms with Crippen LogP contribution >= 0.6 is 0 Å². The molecule has 354 valence electrons. The lowest BCUT2D eigenvalue weighted by atomic mass is 9.96. The van der Waals surface area contributed by atoms with Crippen LogP contribution in [0, 0.1) is 0 Å². The van der Waals surface area contributed by atoms with Gasteiger partial charge < -0.3 is 18.0 Å². The van der Waals surface area contributed by atoms with E-state index in [9.17, 15) is 0 Å². The second kappa shape index (κ2) is 16.6. The number of hydrogen-bond acceptors (Lipinski definition) is 5. The molecule has 11 aromatic carbocycles. The summed E-state index contributed by atoms with van der Waals surface area (Å²) in [6, 6.07) is 87.4. The molecular weight excluding hydrogens is 931 g/mol. The van der Waals surface area contributed by atoms with Crippen molar-refractivity contribution in [3.63, 3.8) is 0 Å². The summed E-state index contributed by atoms with van der Waals surface area (Å²) in [4.78, 5) is 15.8. The Hall–Kier alpha value is -10.4. The molecule has 76 heavy (non-hydrogen) atoms. The summed E-state index contributed by atoms with van der Waals surface area (Å²) in [5.74, 6) is 1.74. The van der Waals surface area contributed by atoms with E-state index in [1.807, 2.05) is 54.6 Å². The Labute approximate surface area is 434 Å². The van der Waals surface area contributed by atoms with Gasteiger partial charge in [0.15, 0.2) is 23.1 Å². The molecule has 0 radical (unpaired) electrons. The summed E-state index contributed by atoms with van der Waals surface area (Å²) in [5, 5.41) is 8.63. The Kier molecular flexibility index (Phi) is 9.20. The average molecular weight is 972 g/mol. The number of hydrogen-bond donors (Lipinski definition) is 0. The van der Waals surface area contributed by atoms with Gasteiger partial charge in [0, 0.05) is 71.0 Å². The fourth-order valence-electron chi connectivity index (χ4n) is 11.8. The quantitative estimate of drug-likeness (QED) is 0.159. The molecule has 7 nitrogen and oxygen atoms in total. The van der Waals surface area contributed by atoms with Gasteiger partial charge in [-0.1, -0.05) is 182 Å². The van der Waals surface area contributed by atoms with Crippen molar-refractivity contribution in [2.24, 2.45) is 0 Å². The van der Waals surface area contributed by atoms with Crippen molar-refractivity contribution >= 4 is 87.5 Å². The summed E-state index contributed by atoms with van der Waals surface area (Å²) in [5.41, 5.74) is 16.7. The van der Waals surface area contributed by atoms with E-state index in [2.05, 4.69) is 203 Å². The third kappa shape index (κ3) is 6.39. The highest BCUT2D eigenvalue weighted by molar-refractivity contribution is 6.30. The van der Waals surface area contributed by atoms with Crippen LogP contribution in [-0.2, 0) is 0 Å². The minimum atomic E-state index is 0.557. The summed E-state index contributed by atoms with van der Waals surface area (Å²) >= 11 is 0. The van der Waals surface area contributed by atoms with E-state index in [1.165, 1.54) is 0 Å². The van der Waals surface area contributed by atoms with E-state index in [0.29, 0.717) is 17.5 Å². The smallest absolute Gasteiger partial charge is 0.164 e. The zero-order valence-corrected chi connectivity index (χ0v) is 40.7. The monoisotopic (exact) mass is 971 g/mol. The molecular formula is C69H41N5O2. The minimum Gasteiger partial charge on any atom is -0.456 e. The van der Waals surface area contributed by atoms with Crippen LogP contribution in [0.1, 0.15) is 0 Å². The van der Waals surface area contributed by atoms with E-state index < -0.39 is 0 Å². The van der Waals surface area contributed by atoms with Gasteiger partial charge in [0.2, 0.25) is 0 Å². The molecule has 0 unspecified atom stereocenters. The molecule has 0 spiro atoms. The van der Waals surface area contributed by atoms with Gasteiger partial charge in [-0.05, 0) is 83.4 Å². The normalized spacial score (nSPS) is 11.9. The molecule has 16 rings (SSSR count). The van der Waals surface area contributed by atoms with Crippen LogP contribution in [0.25, 0.3) is 155 Å². The van der Waals surface area contributed by atoms with Crippen LogP contribution in [0.3, 0.4) is 0 Å². The van der Waals surface area contributed by atoms with Gasteiger partial charge in [0.25, 0.3) is 0 Å². The van der Waals surface area contributed by atoms with Crippen molar-refractivity contribution in [3.05, 3.63) is 249 Å². The van der Waals surface area contributed by atoms with Crippen LogP contribution in [0.2, 0.25) is 0 Å². The molecule has 0 saturated heterocycles. The second-order valence-corrected chi connectivity index (χ2v) is 19.4. The molecule has 0 fully saturated rings. The lowest BCUT2D eigenvalue weighted by Gasteiger charge is -2.15. The summed E-state index contributed by atoms with van der Waals surface area (Å²) in [7, 11) is 0. The van der Waals surface area contributed by atoms with Gasteiger partial charge in [-0.15, -0.1) is 0 Å². The third-order valence-electron chi connectivity index (χ3n) is 15.2. The van der Waals surface area contributed by atoms with Crippen molar-refractivity contribution < 1.29 is 8.83 Å². The van der Waals surface area contributed by atoms with Crippen molar-refractivity contribution in [1.82, 2.24) is 24.1 Å². The van der Waals surface area contributed by atoms with Crippen LogP contribution in [0.4, 0.5) is 0 Å². The number of benzene rings is 11. The van der Waals surface area contributed by atoms with Gasteiger partial charge in [0.1, 0.15) is 16.7 Å². The Bertz CT molecular complexity index is 4970. The maximum atomic E-state index is 7.18. The molecule has 0 amide bonds. The van der Waals surface area contributed by atoms with Gasteiger partial charge in [0.05, 0.1) is 27.8 Å². The molecule has 0 N–H and O–H groups in total. The van der Waals surface area contributed by atoms with Gasteiger partial charge in [-0.3, -0.25) is 0 Å². The number of nitrogens with zero attached hydrogens (tertiary/aromatic N) is 5. The van der Waals surface area contributed by atoms with E-state index in [4.69, 9.17) is 23.8 Å². The molecule has 16 aromatic rings. The van der Waals surface area contributed by atoms with Gasteiger partial charge in [-0.2, -0.15) is 0 Å². The van der Waals surface area contributed by atoms with Crippen molar-refractivity contribution in [3.8, 4) is 67.8 Å². The van der Waals surface area contributed by atoms with E-state index >= 15 is 0 Å². The van der Waals surface area contributed by atoms with E-state index in [-0.39, 0.29) is 0 Å². The maximum absolute atomic E-state index is 7.18. The summed E-state index contributed by atoms with van der Waals surface area (Å²) < 4.78 is 18.4. The molecule has 0 aliphatic rings. The zero-order valence-electron chi connectivity index (χ0n) is 40.7. The lowest BCUT2D eigenvalue weighted by Crippen LogP contribution is -2.01. The molecule has 5 heterocycles. The van der Waals surface area contributed by atoms with Crippen LogP contribution in [0.15, 0.2) is 258 Å². The lowest BCUT2D eigenvalue weighted by molar-refractivity contribution is 0.666. The number of rotatable bonds is 7. The number of fused-ring (bicyclic) bond motifs is 13. The van der Waals surface area contributed by atoms with Crippen molar-refractivity contribution in [2.45, 2.75) is 0 Å². The van der Waals surface area contributed by atoms with Gasteiger partial charge >= 0.3 is 0 Å². The van der Waals surface area contributed by atoms with Crippen LogP contribution in [-0.4, -0.2) is 24.1 Å². The Morgan fingerprint density at radius 2 is 0.816 bits per heavy atom. The largest absolute Gasteiger partial charge is 0.456 e. The number of para-hydroxylation sites is 5. The first-order valence-corrected chi connectivity index (χ1v) is 25.6. The first kappa shape index (κ1) is 42.2. The standard InChI is InChI=1S/C69H41N5O2/c1-4-18-42(19-5-1)43-32-34-45(35-33-43)68-70-67(44-20-6-2-7-21-44)71-69(72-68)52-37-38-58(66-62(52)51-27-13-17-31-60(51)76-66)74-56-28-14-10-24-48(56)55-41-53(46-36-39-61-54(40-46)49-25-12-16-30-59(49)75-61)64-63(65(55)74)50-26-11-15-29-57(50)73(64)47-22-8-3-9-23-47/h1-41H. The predicted molar refractivity (Wildman–Crippen MR) is 310 cm³/mol. The highest BCUT2D eigenvalue weighted by atomic mass is 16.3. The average Bonchev–Trinajstić information content (AvgIpc) is 4.42. The number of furan rings is 2. The van der Waals surface area contributed by atoms with Crippen molar-refractivity contribution in [2.75, 3.05) is 0 Å². The van der Waals surface area contributed by atoms with Crippen molar-refractivity contribution in [1.29, 1.82) is 0 Å². The van der Waals surface area contributed by atoms with E-state index in [1.54, 1.807) is 0 Å². The maximum Gasteiger partial charge on any atom is 0.164 e. The molecule has 0 bridgehead atoms. The highest BCUT2D eigenvalue weighted by Crippen LogP contribution is 2.49. The fourth-order valence-corrected chi connectivity index (χ4v) is 11.8. The first-order chi connectivity index (χ1) is 37.7. The first-order valence-electron chi connectivity index (χ1n) is 25.6. The number of aromatic nitrogens is 5. The summed E-state index contributed by atoms with van der Waals surface area (Å²) in [6.07, 6.45) is 0. The molecule has 7 heteroatoms. The summed E-state index contributed by atoms with van der Waals surface area (Å²) in [6.45, 7) is 0. The van der Waals surface area contributed by atoms with E-state index in [0.717, 1.165) is 138 Å². The fraction of sp³-hybridized carbons (Fsp3) is 0. The zero-order chi connectivity index (χ0) is 49.8. The van der Waals surface area contributed by atoms with Crippen LogP contribution in [0.5, 0.6) is 0 Å². The van der Waals surface area contributed by atoms with Crippen LogP contribution < -0.4 is 0 Å². The Morgan fingerprint density at radius 3 is 1.55 bits per heavy atom. The molecule has 0 saturated carbocycles. The topological polar surface area (TPSA) is 74.8 Å². The Morgan fingerprint density at radius 1 is 0.289 bits per heavy atom.